The Morgan fingerprint density at radius 3 is 2.90 bits per heavy atom. The predicted octanol–water partition coefficient (Wildman–Crippen LogP) is 2.26. The van der Waals surface area contributed by atoms with Crippen molar-refractivity contribution in [3.63, 3.8) is 0 Å². The number of H-pyrrole nitrogens is 1. The Bertz CT molecular complexity index is 746. The van der Waals surface area contributed by atoms with Crippen LogP contribution in [0.15, 0.2) is 42.9 Å². The summed E-state index contributed by atoms with van der Waals surface area (Å²) >= 11 is 0. The summed E-state index contributed by atoms with van der Waals surface area (Å²) in [4.78, 5) is 22.7. The van der Waals surface area contributed by atoms with Gasteiger partial charge in [0.25, 0.3) is 0 Å². The number of nitrogens with zero attached hydrogens (tertiary/aromatic N) is 2. The lowest BCUT2D eigenvalue weighted by atomic mass is 10.1. The van der Waals surface area contributed by atoms with Gasteiger partial charge in [-0.15, -0.1) is 0 Å². The first kappa shape index (κ1) is 12.3. The Balaban J connectivity index is 1.91. The van der Waals surface area contributed by atoms with Crippen LogP contribution in [0.1, 0.15) is 12.5 Å². The highest BCUT2D eigenvalue weighted by Crippen LogP contribution is 2.25. The zero-order valence-corrected chi connectivity index (χ0v) is 11.1. The van der Waals surface area contributed by atoms with Crippen molar-refractivity contribution in [1.29, 1.82) is 0 Å². The van der Waals surface area contributed by atoms with E-state index in [0.29, 0.717) is 6.54 Å². The van der Waals surface area contributed by atoms with Crippen LogP contribution in [0.4, 0.5) is 0 Å². The van der Waals surface area contributed by atoms with Gasteiger partial charge in [-0.3, -0.25) is 9.78 Å². The summed E-state index contributed by atoms with van der Waals surface area (Å²) in [5.41, 5.74) is 3.76. The molecule has 0 saturated carbocycles. The van der Waals surface area contributed by atoms with Crippen LogP contribution in [0.5, 0.6) is 0 Å². The molecule has 0 radical (unpaired) electrons. The standard InChI is InChI=1S/C15H14N4O/c1-10(20)18-8-11-2-3-14(19-9-11)12-4-6-16-15-13(12)5-7-17-15/h2-7,9H,8H2,1H3,(H,16,17)(H,18,20). The van der Waals surface area contributed by atoms with Crippen LogP contribution in [-0.4, -0.2) is 20.9 Å². The van der Waals surface area contributed by atoms with Crippen molar-refractivity contribution in [3.05, 3.63) is 48.4 Å². The van der Waals surface area contributed by atoms with Gasteiger partial charge in [0.15, 0.2) is 0 Å². The van der Waals surface area contributed by atoms with E-state index in [-0.39, 0.29) is 5.91 Å². The van der Waals surface area contributed by atoms with Gasteiger partial charge in [0.2, 0.25) is 5.91 Å². The van der Waals surface area contributed by atoms with E-state index in [4.69, 9.17) is 0 Å². The van der Waals surface area contributed by atoms with Crippen molar-refractivity contribution in [2.75, 3.05) is 0 Å². The second-order valence-corrected chi connectivity index (χ2v) is 4.56. The number of hydrogen-bond acceptors (Lipinski definition) is 3. The zero-order valence-electron chi connectivity index (χ0n) is 11.1. The highest BCUT2D eigenvalue weighted by Gasteiger charge is 2.06. The second-order valence-electron chi connectivity index (χ2n) is 4.56. The molecule has 0 fully saturated rings. The van der Waals surface area contributed by atoms with Gasteiger partial charge in [-0.25, -0.2) is 4.98 Å². The minimum absolute atomic E-state index is 0.0442. The lowest BCUT2D eigenvalue weighted by Gasteiger charge is -2.05. The summed E-state index contributed by atoms with van der Waals surface area (Å²) in [6.45, 7) is 2.00. The highest BCUT2D eigenvalue weighted by atomic mass is 16.1. The van der Waals surface area contributed by atoms with Gasteiger partial charge >= 0.3 is 0 Å². The van der Waals surface area contributed by atoms with Crippen LogP contribution in [0.2, 0.25) is 0 Å². The molecule has 3 rings (SSSR count). The fourth-order valence-electron chi connectivity index (χ4n) is 2.10. The number of hydrogen-bond donors (Lipinski definition) is 2. The smallest absolute Gasteiger partial charge is 0.217 e. The lowest BCUT2D eigenvalue weighted by Crippen LogP contribution is -2.18. The summed E-state index contributed by atoms with van der Waals surface area (Å²) < 4.78 is 0. The molecule has 0 aromatic carbocycles. The third kappa shape index (κ3) is 2.38. The van der Waals surface area contributed by atoms with E-state index in [1.54, 1.807) is 12.4 Å². The van der Waals surface area contributed by atoms with E-state index in [2.05, 4.69) is 20.3 Å². The number of pyridine rings is 2. The molecule has 20 heavy (non-hydrogen) atoms. The van der Waals surface area contributed by atoms with Crippen LogP contribution >= 0.6 is 0 Å². The first-order chi connectivity index (χ1) is 9.74. The Labute approximate surface area is 116 Å². The fraction of sp³-hybridized carbons (Fsp3) is 0.133. The molecule has 0 saturated heterocycles. The predicted molar refractivity (Wildman–Crippen MR) is 76.8 cm³/mol. The van der Waals surface area contributed by atoms with E-state index in [9.17, 15) is 4.79 Å². The van der Waals surface area contributed by atoms with Gasteiger partial charge in [0.05, 0.1) is 5.69 Å². The van der Waals surface area contributed by atoms with E-state index in [1.807, 2.05) is 30.5 Å². The molecule has 0 aliphatic carbocycles. The monoisotopic (exact) mass is 266 g/mol. The van der Waals surface area contributed by atoms with E-state index in [1.165, 1.54) is 6.92 Å². The number of nitrogens with one attached hydrogen (secondary N) is 2. The molecular formula is C15H14N4O. The Morgan fingerprint density at radius 2 is 2.15 bits per heavy atom. The van der Waals surface area contributed by atoms with Crippen LogP contribution in [0.3, 0.4) is 0 Å². The van der Waals surface area contributed by atoms with Gasteiger partial charge in [0, 0.05) is 43.0 Å². The number of aromatic nitrogens is 3. The highest BCUT2D eigenvalue weighted by molar-refractivity contribution is 5.91. The zero-order chi connectivity index (χ0) is 13.9. The molecule has 3 aromatic heterocycles. The van der Waals surface area contributed by atoms with E-state index < -0.39 is 0 Å². The molecule has 0 spiro atoms. The second kappa shape index (κ2) is 5.13. The van der Waals surface area contributed by atoms with Crippen LogP contribution in [0.25, 0.3) is 22.3 Å². The van der Waals surface area contributed by atoms with E-state index >= 15 is 0 Å². The molecule has 0 aliphatic rings. The molecule has 2 N–H and O–H groups in total. The number of rotatable bonds is 3. The fourth-order valence-corrected chi connectivity index (χ4v) is 2.10. The Hall–Kier alpha value is -2.69. The normalized spacial score (nSPS) is 10.7. The number of carbonyl (C=O) groups is 1. The Morgan fingerprint density at radius 1 is 1.25 bits per heavy atom. The molecule has 100 valence electrons. The maximum atomic E-state index is 10.9. The first-order valence-electron chi connectivity index (χ1n) is 6.36. The minimum atomic E-state index is -0.0442. The molecule has 0 aliphatic heterocycles. The first-order valence-corrected chi connectivity index (χ1v) is 6.36. The molecule has 3 heterocycles. The quantitative estimate of drug-likeness (QED) is 0.764. The van der Waals surface area contributed by atoms with Gasteiger partial charge in [0.1, 0.15) is 5.65 Å². The molecule has 1 amide bonds. The minimum Gasteiger partial charge on any atom is -0.352 e. The van der Waals surface area contributed by atoms with Crippen molar-refractivity contribution in [2.24, 2.45) is 0 Å². The van der Waals surface area contributed by atoms with Crippen molar-refractivity contribution in [3.8, 4) is 11.3 Å². The number of amides is 1. The Kier molecular flexibility index (Phi) is 3.16. The number of carbonyl (C=O) groups excluding carboxylic acids is 1. The number of fused-ring (bicyclic) bond motifs is 1. The third-order valence-corrected chi connectivity index (χ3v) is 3.10. The van der Waals surface area contributed by atoms with Crippen LogP contribution in [-0.2, 0) is 11.3 Å². The number of aromatic amines is 1. The third-order valence-electron chi connectivity index (χ3n) is 3.10. The average Bonchev–Trinajstić information content (AvgIpc) is 2.94. The van der Waals surface area contributed by atoms with Crippen LogP contribution < -0.4 is 5.32 Å². The maximum Gasteiger partial charge on any atom is 0.217 e. The summed E-state index contributed by atoms with van der Waals surface area (Å²) in [5.74, 6) is -0.0442. The largest absolute Gasteiger partial charge is 0.352 e. The molecule has 0 bridgehead atoms. The van der Waals surface area contributed by atoms with Crippen molar-refractivity contribution in [2.45, 2.75) is 13.5 Å². The van der Waals surface area contributed by atoms with Gasteiger partial charge in [-0.2, -0.15) is 0 Å². The van der Waals surface area contributed by atoms with Crippen LogP contribution in [0, 0.1) is 0 Å². The van der Waals surface area contributed by atoms with Gasteiger partial charge in [-0.05, 0) is 23.8 Å². The summed E-state index contributed by atoms with van der Waals surface area (Å²) in [6.07, 6.45) is 5.41. The lowest BCUT2D eigenvalue weighted by molar-refractivity contribution is -0.119. The SMILES string of the molecule is CC(=O)NCc1ccc(-c2ccnc3[nH]ccc23)nc1. The average molecular weight is 266 g/mol. The molecular weight excluding hydrogens is 252 g/mol. The van der Waals surface area contributed by atoms with Crippen molar-refractivity contribution in [1.82, 2.24) is 20.3 Å². The summed E-state index contributed by atoms with van der Waals surface area (Å²) in [6, 6.07) is 7.87. The van der Waals surface area contributed by atoms with Crippen molar-refractivity contribution < 1.29 is 4.79 Å². The molecule has 5 heteroatoms. The maximum absolute atomic E-state index is 10.9. The summed E-state index contributed by atoms with van der Waals surface area (Å²) in [5, 5.41) is 3.80. The van der Waals surface area contributed by atoms with Gasteiger partial charge < -0.3 is 10.3 Å². The van der Waals surface area contributed by atoms with Crippen molar-refractivity contribution >= 4 is 16.9 Å². The molecule has 3 aromatic rings. The molecule has 0 unspecified atom stereocenters. The van der Waals surface area contributed by atoms with Gasteiger partial charge in [-0.1, -0.05) is 6.07 Å². The topological polar surface area (TPSA) is 70.7 Å². The molecule has 0 atom stereocenters. The molecule has 5 nitrogen and oxygen atoms in total. The summed E-state index contributed by atoms with van der Waals surface area (Å²) in [7, 11) is 0. The van der Waals surface area contributed by atoms with E-state index in [0.717, 1.165) is 27.9 Å².